The maximum Gasteiger partial charge on any atom is 0.161 e. The monoisotopic (exact) mass is 321 g/mol. The second-order valence-electron chi connectivity index (χ2n) is 6.63. The highest BCUT2D eigenvalue weighted by atomic mass is 16.5. The van der Waals surface area contributed by atoms with Crippen LogP contribution in [0.25, 0.3) is 0 Å². The Balaban J connectivity index is 2.29. The molecule has 132 valence electrons. The predicted molar refractivity (Wildman–Crippen MR) is 98.4 cm³/mol. The highest BCUT2D eigenvalue weighted by Gasteiger charge is 2.06. The summed E-state index contributed by atoms with van der Waals surface area (Å²) in [6, 6.07) is 6.21. The van der Waals surface area contributed by atoms with Gasteiger partial charge in [0.25, 0.3) is 0 Å². The molecule has 0 atom stereocenters. The summed E-state index contributed by atoms with van der Waals surface area (Å²) in [5.41, 5.74) is 1.24. The number of ether oxygens (including phenoxy) is 2. The van der Waals surface area contributed by atoms with Crippen molar-refractivity contribution in [3.63, 3.8) is 0 Å². The van der Waals surface area contributed by atoms with Gasteiger partial charge in [-0.3, -0.25) is 0 Å². The minimum absolute atomic E-state index is 0.512. The van der Waals surface area contributed by atoms with Gasteiger partial charge in [0.1, 0.15) is 0 Å². The molecule has 0 saturated heterocycles. The average molecular weight is 322 g/mol. The van der Waals surface area contributed by atoms with Crippen LogP contribution in [0.2, 0.25) is 0 Å². The van der Waals surface area contributed by atoms with Crippen molar-refractivity contribution < 1.29 is 9.47 Å². The average Bonchev–Trinajstić information content (AvgIpc) is 2.55. The van der Waals surface area contributed by atoms with Crippen LogP contribution in [0, 0.1) is 5.92 Å². The van der Waals surface area contributed by atoms with E-state index in [0.29, 0.717) is 12.5 Å². The van der Waals surface area contributed by atoms with E-state index in [4.69, 9.17) is 9.47 Å². The van der Waals surface area contributed by atoms with E-state index in [1.54, 1.807) is 7.11 Å². The Kier molecular flexibility index (Phi) is 10.5. The van der Waals surface area contributed by atoms with Gasteiger partial charge in [-0.1, -0.05) is 58.9 Å². The van der Waals surface area contributed by atoms with Crippen molar-refractivity contribution >= 4 is 0 Å². The molecular weight excluding hydrogens is 286 g/mol. The number of methoxy groups -OCH3 is 1. The summed E-state index contributed by atoms with van der Waals surface area (Å²) in [6.45, 7) is 9.23. The molecule has 3 heteroatoms. The number of nitrogens with one attached hydrogen (secondary N) is 1. The lowest BCUT2D eigenvalue weighted by atomic mass is 10.1. The lowest BCUT2D eigenvalue weighted by molar-refractivity contribution is 0.256. The topological polar surface area (TPSA) is 30.5 Å². The van der Waals surface area contributed by atoms with E-state index >= 15 is 0 Å². The molecule has 0 saturated carbocycles. The zero-order valence-corrected chi connectivity index (χ0v) is 15.5. The molecular formula is C20H35NO2. The van der Waals surface area contributed by atoms with Crippen molar-refractivity contribution in [3.8, 4) is 11.5 Å². The van der Waals surface area contributed by atoms with Crippen LogP contribution in [0.5, 0.6) is 11.5 Å². The molecule has 0 aliphatic carbocycles. The van der Waals surface area contributed by atoms with Crippen molar-refractivity contribution in [1.82, 2.24) is 5.32 Å². The lowest BCUT2D eigenvalue weighted by Gasteiger charge is -2.14. The summed E-state index contributed by atoms with van der Waals surface area (Å²) in [7, 11) is 1.70. The van der Waals surface area contributed by atoms with Gasteiger partial charge in [0, 0.05) is 6.54 Å². The second-order valence-corrected chi connectivity index (χ2v) is 6.63. The summed E-state index contributed by atoms with van der Waals surface area (Å²) in [6.07, 6.45) is 8.03. The van der Waals surface area contributed by atoms with E-state index in [9.17, 15) is 0 Å². The van der Waals surface area contributed by atoms with E-state index in [0.717, 1.165) is 24.6 Å². The fourth-order valence-electron chi connectivity index (χ4n) is 2.46. The number of hydrogen-bond acceptors (Lipinski definition) is 3. The maximum absolute atomic E-state index is 5.79. The molecule has 0 aromatic heterocycles. The maximum atomic E-state index is 5.79. The lowest BCUT2D eigenvalue weighted by Crippen LogP contribution is -2.14. The molecule has 1 aromatic carbocycles. The fourth-order valence-corrected chi connectivity index (χ4v) is 2.46. The number of unbranched alkanes of at least 4 members (excludes halogenated alkanes) is 5. The van der Waals surface area contributed by atoms with Gasteiger partial charge in [0.15, 0.2) is 11.5 Å². The van der Waals surface area contributed by atoms with Crippen molar-refractivity contribution in [2.75, 3.05) is 20.3 Å². The molecule has 23 heavy (non-hydrogen) atoms. The number of hydrogen-bond donors (Lipinski definition) is 1. The summed E-state index contributed by atoms with van der Waals surface area (Å²) < 4.78 is 11.2. The van der Waals surface area contributed by atoms with Crippen molar-refractivity contribution in [3.05, 3.63) is 23.8 Å². The SMILES string of the molecule is CCCCCCCCNCc1ccc(OCC(C)C)c(OC)c1. The molecule has 0 radical (unpaired) electrons. The molecule has 0 heterocycles. The van der Waals surface area contributed by atoms with Crippen LogP contribution in [-0.2, 0) is 6.54 Å². The van der Waals surface area contributed by atoms with Gasteiger partial charge in [-0.25, -0.2) is 0 Å². The molecule has 3 nitrogen and oxygen atoms in total. The highest BCUT2D eigenvalue weighted by Crippen LogP contribution is 2.28. The largest absolute Gasteiger partial charge is 0.493 e. The zero-order valence-electron chi connectivity index (χ0n) is 15.5. The first-order valence-electron chi connectivity index (χ1n) is 9.17. The molecule has 0 aliphatic heterocycles. The van der Waals surface area contributed by atoms with Gasteiger partial charge in [0.05, 0.1) is 13.7 Å². The van der Waals surface area contributed by atoms with Crippen molar-refractivity contribution in [1.29, 1.82) is 0 Å². The van der Waals surface area contributed by atoms with Crippen molar-refractivity contribution in [2.45, 2.75) is 65.8 Å². The smallest absolute Gasteiger partial charge is 0.161 e. The van der Waals surface area contributed by atoms with Crippen LogP contribution < -0.4 is 14.8 Å². The van der Waals surface area contributed by atoms with E-state index in [1.807, 2.05) is 6.07 Å². The predicted octanol–water partition coefficient (Wildman–Crippen LogP) is 5.18. The Bertz CT molecular complexity index is 418. The molecule has 1 N–H and O–H groups in total. The van der Waals surface area contributed by atoms with Crippen molar-refractivity contribution in [2.24, 2.45) is 5.92 Å². The number of rotatable bonds is 13. The van der Waals surface area contributed by atoms with Crippen LogP contribution >= 0.6 is 0 Å². The van der Waals surface area contributed by atoms with E-state index in [1.165, 1.54) is 44.1 Å². The second kappa shape index (κ2) is 12.2. The van der Waals surface area contributed by atoms with E-state index < -0.39 is 0 Å². The third-order valence-corrected chi connectivity index (χ3v) is 3.84. The molecule has 0 unspecified atom stereocenters. The van der Waals surface area contributed by atoms with E-state index in [2.05, 4.69) is 38.2 Å². The van der Waals surface area contributed by atoms with Gasteiger partial charge in [0.2, 0.25) is 0 Å². The Morgan fingerprint density at radius 1 is 1.00 bits per heavy atom. The summed E-state index contributed by atoms with van der Waals surface area (Å²) in [4.78, 5) is 0. The van der Waals surface area contributed by atoms with Gasteiger partial charge in [-0.2, -0.15) is 0 Å². The van der Waals surface area contributed by atoms with Gasteiger partial charge < -0.3 is 14.8 Å². The third-order valence-electron chi connectivity index (χ3n) is 3.84. The van der Waals surface area contributed by atoms with Gasteiger partial charge in [-0.05, 0) is 36.6 Å². The molecule has 0 spiro atoms. The Morgan fingerprint density at radius 2 is 1.74 bits per heavy atom. The first-order chi connectivity index (χ1) is 11.2. The minimum Gasteiger partial charge on any atom is -0.493 e. The molecule has 0 amide bonds. The minimum atomic E-state index is 0.512. The molecule has 1 aromatic rings. The van der Waals surface area contributed by atoms with E-state index in [-0.39, 0.29) is 0 Å². The number of benzene rings is 1. The summed E-state index contributed by atoms with van der Waals surface area (Å²) >= 11 is 0. The molecule has 0 aliphatic rings. The molecule has 1 rings (SSSR count). The summed E-state index contributed by atoms with van der Waals surface area (Å²) in [5, 5.41) is 3.52. The Hall–Kier alpha value is -1.22. The van der Waals surface area contributed by atoms with Gasteiger partial charge in [-0.15, -0.1) is 0 Å². The third kappa shape index (κ3) is 8.85. The van der Waals surface area contributed by atoms with Crippen LogP contribution in [0.3, 0.4) is 0 Å². The van der Waals surface area contributed by atoms with Crippen LogP contribution in [-0.4, -0.2) is 20.3 Å². The van der Waals surface area contributed by atoms with Crippen LogP contribution in [0.4, 0.5) is 0 Å². The Morgan fingerprint density at radius 3 is 2.43 bits per heavy atom. The first kappa shape index (κ1) is 19.8. The Labute approximate surface area is 142 Å². The van der Waals surface area contributed by atoms with Crippen LogP contribution in [0.15, 0.2) is 18.2 Å². The highest BCUT2D eigenvalue weighted by molar-refractivity contribution is 5.42. The quantitative estimate of drug-likeness (QED) is 0.508. The zero-order chi connectivity index (χ0) is 16.9. The van der Waals surface area contributed by atoms with Gasteiger partial charge >= 0.3 is 0 Å². The molecule has 0 bridgehead atoms. The first-order valence-corrected chi connectivity index (χ1v) is 9.17. The standard InChI is InChI=1S/C20H35NO2/c1-5-6-7-8-9-10-13-21-15-18-11-12-19(20(14-18)22-4)23-16-17(2)3/h11-12,14,17,21H,5-10,13,15-16H2,1-4H3. The molecule has 0 fully saturated rings. The fraction of sp³-hybridized carbons (Fsp3) is 0.700. The normalized spacial score (nSPS) is 11.0. The van der Waals surface area contributed by atoms with Crippen LogP contribution in [0.1, 0.15) is 64.9 Å². The summed E-state index contributed by atoms with van der Waals surface area (Å²) in [5.74, 6) is 2.17.